The number of rotatable bonds is 7. The molecule has 0 saturated heterocycles. The average Bonchev–Trinajstić information content (AvgIpc) is 3.01. The maximum Gasteiger partial charge on any atom is 0.328 e. The smallest absolute Gasteiger partial charge is 0.328 e. The average molecular weight is 382 g/mol. The van der Waals surface area contributed by atoms with Crippen LogP contribution in [0.25, 0.3) is 0 Å². The standard InChI is InChI=1S/C21H20N2O5/c1-28-21(27)17(22-18(24)14-8-3-2-4-9-14)12-7-13-23-19(25)15-10-5-6-11-16(15)20(23)26/h2-6,8-11,17H,7,12-13H2,1H3,(H,22,24)/t17-/m0/s1/i12D,17D/t12-,17-. The quantitative estimate of drug-likeness (QED) is 0.584. The van der Waals surface area contributed by atoms with E-state index in [0.717, 1.165) is 12.0 Å². The third-order valence-corrected chi connectivity index (χ3v) is 4.27. The third kappa shape index (κ3) is 3.93. The van der Waals surface area contributed by atoms with E-state index in [0.29, 0.717) is 0 Å². The SMILES string of the molecule is [2H][C@@H](CCN1C(=O)c2ccccc2C1=O)[C@]([2H])(NC(=O)c1ccccc1)C(=O)OC. The zero-order valence-electron chi connectivity index (χ0n) is 17.2. The minimum atomic E-state index is -2.42. The normalized spacial score (nSPS) is 17.1. The molecule has 0 aliphatic carbocycles. The lowest BCUT2D eigenvalue weighted by Crippen LogP contribution is -2.42. The number of carbonyl (C=O) groups excluding carboxylic acids is 4. The fourth-order valence-corrected chi connectivity index (χ4v) is 2.86. The fourth-order valence-electron chi connectivity index (χ4n) is 2.86. The Morgan fingerprint density at radius 3 is 2.21 bits per heavy atom. The minimum absolute atomic E-state index is 0.181. The molecule has 0 fully saturated rings. The Morgan fingerprint density at radius 1 is 1.07 bits per heavy atom. The number of nitrogens with zero attached hydrogens (tertiary/aromatic N) is 1. The molecule has 0 aromatic heterocycles. The van der Waals surface area contributed by atoms with Gasteiger partial charge in [0, 0.05) is 13.5 Å². The van der Waals surface area contributed by atoms with Crippen molar-refractivity contribution in [3.63, 3.8) is 0 Å². The van der Waals surface area contributed by atoms with Crippen molar-refractivity contribution in [1.29, 1.82) is 0 Å². The molecule has 2 aromatic rings. The number of hydrogen-bond acceptors (Lipinski definition) is 5. The second-order valence-electron chi connectivity index (χ2n) is 6.03. The summed E-state index contributed by atoms with van der Waals surface area (Å²) >= 11 is 0. The minimum Gasteiger partial charge on any atom is -0.467 e. The van der Waals surface area contributed by atoms with Crippen LogP contribution in [0.3, 0.4) is 0 Å². The van der Waals surface area contributed by atoms with Gasteiger partial charge >= 0.3 is 5.97 Å². The van der Waals surface area contributed by atoms with Gasteiger partial charge in [-0.1, -0.05) is 30.3 Å². The van der Waals surface area contributed by atoms with Gasteiger partial charge in [0.1, 0.15) is 6.02 Å². The Labute approximate surface area is 165 Å². The molecule has 0 spiro atoms. The first-order valence-electron chi connectivity index (χ1n) is 9.70. The summed E-state index contributed by atoms with van der Waals surface area (Å²) in [5.41, 5.74) is 0.753. The van der Waals surface area contributed by atoms with E-state index in [2.05, 4.69) is 10.1 Å². The van der Waals surface area contributed by atoms with Crippen LogP contribution in [0.15, 0.2) is 54.6 Å². The van der Waals surface area contributed by atoms with Crippen molar-refractivity contribution < 1.29 is 26.7 Å². The lowest BCUT2D eigenvalue weighted by atomic mass is 10.1. The van der Waals surface area contributed by atoms with Gasteiger partial charge in [0.05, 0.1) is 19.6 Å². The monoisotopic (exact) mass is 382 g/mol. The summed E-state index contributed by atoms with van der Waals surface area (Å²) in [6, 6.07) is 11.9. The van der Waals surface area contributed by atoms with E-state index in [1.807, 2.05) is 0 Å². The van der Waals surface area contributed by atoms with Crippen LogP contribution in [-0.4, -0.2) is 48.3 Å². The van der Waals surface area contributed by atoms with E-state index in [1.165, 1.54) is 24.3 Å². The molecule has 28 heavy (non-hydrogen) atoms. The summed E-state index contributed by atoms with van der Waals surface area (Å²) in [5, 5.41) is 2.25. The molecule has 0 unspecified atom stereocenters. The van der Waals surface area contributed by atoms with Gasteiger partial charge in [0.15, 0.2) is 0 Å². The summed E-state index contributed by atoms with van der Waals surface area (Å²) in [4.78, 5) is 50.6. The van der Waals surface area contributed by atoms with Gasteiger partial charge in [-0.25, -0.2) is 4.79 Å². The first kappa shape index (κ1) is 16.7. The van der Waals surface area contributed by atoms with E-state index >= 15 is 0 Å². The van der Waals surface area contributed by atoms with Crippen LogP contribution >= 0.6 is 0 Å². The maximum absolute atomic E-state index is 12.5. The Balaban J connectivity index is 1.74. The third-order valence-electron chi connectivity index (χ3n) is 4.27. The lowest BCUT2D eigenvalue weighted by Gasteiger charge is -2.18. The number of carbonyl (C=O) groups is 4. The number of esters is 1. The number of hydrogen-bond donors (Lipinski definition) is 1. The molecule has 3 rings (SSSR count). The molecule has 3 amide bonds. The number of amides is 3. The summed E-state index contributed by atoms with van der Waals surface area (Å²) < 4.78 is 21.4. The van der Waals surface area contributed by atoms with E-state index in [-0.39, 0.29) is 29.7 Å². The van der Waals surface area contributed by atoms with Gasteiger partial charge in [0.25, 0.3) is 17.7 Å². The highest BCUT2D eigenvalue weighted by Crippen LogP contribution is 2.22. The van der Waals surface area contributed by atoms with Crippen LogP contribution in [0.5, 0.6) is 0 Å². The molecule has 1 heterocycles. The lowest BCUT2D eigenvalue weighted by molar-refractivity contribution is -0.143. The molecule has 7 nitrogen and oxygen atoms in total. The van der Waals surface area contributed by atoms with Crippen molar-refractivity contribution in [3.8, 4) is 0 Å². The number of nitrogens with one attached hydrogen (secondary N) is 1. The predicted molar refractivity (Wildman–Crippen MR) is 101 cm³/mol. The van der Waals surface area contributed by atoms with Gasteiger partial charge in [-0.3, -0.25) is 19.3 Å². The van der Waals surface area contributed by atoms with Crippen LogP contribution in [0, 0.1) is 0 Å². The largest absolute Gasteiger partial charge is 0.467 e. The number of imide groups is 1. The first-order valence-corrected chi connectivity index (χ1v) is 8.63. The topological polar surface area (TPSA) is 92.8 Å². The van der Waals surface area contributed by atoms with Crippen molar-refractivity contribution in [2.45, 2.75) is 18.8 Å². The van der Waals surface area contributed by atoms with Gasteiger partial charge < -0.3 is 10.1 Å². The van der Waals surface area contributed by atoms with Crippen LogP contribution in [0.2, 0.25) is 0 Å². The number of ether oxygens (including phenoxy) is 1. The molecule has 0 radical (unpaired) electrons. The molecular weight excluding hydrogens is 360 g/mol. The molecule has 0 saturated carbocycles. The molecule has 2 aromatic carbocycles. The van der Waals surface area contributed by atoms with Crippen molar-refractivity contribution in [1.82, 2.24) is 10.2 Å². The van der Waals surface area contributed by atoms with Crippen LogP contribution in [0.4, 0.5) is 0 Å². The summed E-state index contributed by atoms with van der Waals surface area (Å²) in [5.74, 6) is -2.82. The Bertz CT molecular complexity index is 963. The zero-order chi connectivity index (χ0) is 21.9. The number of benzene rings is 2. The van der Waals surface area contributed by atoms with Crippen molar-refractivity contribution in [2.75, 3.05) is 13.7 Å². The van der Waals surface area contributed by atoms with Crippen molar-refractivity contribution in [3.05, 3.63) is 71.3 Å². The highest BCUT2D eigenvalue weighted by atomic mass is 16.5. The maximum atomic E-state index is 12.5. The summed E-state index contributed by atoms with van der Waals surface area (Å²) in [7, 11) is 1.05. The van der Waals surface area contributed by atoms with Crippen molar-refractivity contribution in [2.24, 2.45) is 0 Å². The fraction of sp³-hybridized carbons (Fsp3) is 0.238. The van der Waals surface area contributed by atoms with Gasteiger partial charge in [-0.2, -0.15) is 0 Å². The molecule has 1 aliphatic heterocycles. The Hall–Kier alpha value is -3.48. The van der Waals surface area contributed by atoms with E-state index in [9.17, 15) is 19.2 Å². The van der Waals surface area contributed by atoms with E-state index in [1.54, 1.807) is 30.3 Å². The number of methoxy groups -OCH3 is 1. The molecule has 1 aliphatic rings. The predicted octanol–water partition coefficient (Wildman–Crippen LogP) is 2.03. The summed E-state index contributed by atoms with van der Waals surface area (Å²) in [6.07, 6.45) is -1.71. The molecular formula is C21H20N2O5. The van der Waals surface area contributed by atoms with E-state index in [4.69, 9.17) is 2.74 Å². The summed E-state index contributed by atoms with van der Waals surface area (Å²) in [6.45, 7) is -0.181. The molecule has 2 atom stereocenters. The van der Waals surface area contributed by atoms with Gasteiger partial charge in [0.2, 0.25) is 0 Å². The van der Waals surface area contributed by atoms with Gasteiger partial charge in [-0.05, 0) is 37.1 Å². The molecule has 7 heteroatoms. The highest BCUT2D eigenvalue weighted by Gasteiger charge is 2.35. The van der Waals surface area contributed by atoms with Gasteiger partial charge in [-0.15, -0.1) is 0 Å². The van der Waals surface area contributed by atoms with E-state index < -0.39 is 36.1 Å². The molecule has 144 valence electrons. The first-order chi connectivity index (χ1) is 14.3. The Morgan fingerprint density at radius 2 is 1.64 bits per heavy atom. The van der Waals surface area contributed by atoms with Crippen molar-refractivity contribution >= 4 is 23.7 Å². The molecule has 1 N–H and O–H groups in total. The van der Waals surface area contributed by atoms with Crippen LogP contribution in [0.1, 0.15) is 46.6 Å². The second-order valence-corrected chi connectivity index (χ2v) is 6.03. The highest BCUT2D eigenvalue weighted by molar-refractivity contribution is 6.21. The number of fused-ring (bicyclic) bond motifs is 1. The van der Waals surface area contributed by atoms with Crippen LogP contribution in [-0.2, 0) is 9.53 Å². The van der Waals surface area contributed by atoms with Crippen LogP contribution < -0.4 is 5.32 Å². The molecule has 0 bridgehead atoms. The second kappa shape index (κ2) is 8.47. The zero-order valence-corrected chi connectivity index (χ0v) is 15.2. The Kier molecular flexibility index (Phi) is 5.05.